The second-order valence-corrected chi connectivity index (χ2v) is 29.2. The summed E-state index contributed by atoms with van der Waals surface area (Å²) in [5.41, 5.74) is 27.1. The molecule has 0 fully saturated rings. The fourth-order valence-corrected chi connectivity index (χ4v) is 9.97. The average molecular weight is 1660 g/mol. The molecule has 0 atom stereocenters. The lowest BCUT2D eigenvalue weighted by Gasteiger charge is -2.15. The molecular weight excluding hydrogens is 1570 g/mol. The maximum absolute atomic E-state index is 12.9. The minimum absolute atomic E-state index is 0.0205. The molecule has 8 aromatic carbocycles. The normalized spacial score (nSPS) is 11.4. The van der Waals surface area contributed by atoms with Crippen LogP contribution in [-0.4, -0.2) is 36.4 Å². The zero-order chi connectivity index (χ0) is 88.4. The van der Waals surface area contributed by atoms with Gasteiger partial charge in [0.1, 0.15) is 23.1 Å². The molecule has 0 aliphatic carbocycles. The van der Waals surface area contributed by atoms with Crippen molar-refractivity contribution in [2.24, 2.45) is 22.9 Å². The van der Waals surface area contributed by atoms with E-state index in [2.05, 4.69) is 55.4 Å². The van der Waals surface area contributed by atoms with Crippen molar-refractivity contribution in [2.45, 2.75) is 203 Å². The Bertz CT molecular complexity index is 4290. The highest BCUT2D eigenvalue weighted by molar-refractivity contribution is 6.31. The van der Waals surface area contributed by atoms with E-state index < -0.39 is 88.9 Å². The van der Waals surface area contributed by atoms with Crippen LogP contribution in [0.1, 0.15) is 277 Å². The number of amides is 4. The summed E-state index contributed by atoms with van der Waals surface area (Å²) in [6, 6.07) is 35.3. The number of rotatable bonds is 14. The molecule has 0 aliphatic heterocycles. The molecule has 0 radical (unpaired) electrons. The van der Waals surface area contributed by atoms with Crippen molar-refractivity contribution < 1.29 is 103 Å². The lowest BCUT2D eigenvalue weighted by molar-refractivity contribution is -0.276. The summed E-state index contributed by atoms with van der Waals surface area (Å²) >= 11 is 11.5. The third kappa shape index (κ3) is 38.8. The van der Waals surface area contributed by atoms with Gasteiger partial charge in [0, 0.05) is 38.4 Å². The van der Waals surface area contributed by atoms with E-state index in [1.165, 1.54) is 43.7 Å². The number of carbonyl (C=O) groups is 4. The average Bonchev–Trinajstić information content (AvgIpc) is 0.806. The predicted molar refractivity (Wildman–Crippen MR) is 411 cm³/mol. The quantitative estimate of drug-likeness (QED) is 0.0772. The van der Waals surface area contributed by atoms with Crippen LogP contribution < -0.4 is 32.4 Å². The van der Waals surface area contributed by atoms with E-state index in [-0.39, 0.29) is 57.8 Å². The van der Waals surface area contributed by atoms with Crippen LogP contribution in [0.4, 0.5) is 74.6 Å². The lowest BCUT2D eigenvalue weighted by atomic mass is 9.97. The van der Waals surface area contributed by atoms with Crippen molar-refractivity contribution in [1.29, 1.82) is 5.26 Å². The Labute approximate surface area is 663 Å². The van der Waals surface area contributed by atoms with Gasteiger partial charge >= 0.3 is 31.3 Å². The van der Waals surface area contributed by atoms with Crippen molar-refractivity contribution >= 4 is 46.8 Å². The Kier molecular flexibility index (Phi) is 40.0. The number of alkyl halides is 15. The third-order valence-corrected chi connectivity index (χ3v) is 16.2. The number of hydrogen-bond acceptors (Lipinski definition) is 7. The lowest BCUT2D eigenvalue weighted by Crippen LogP contribution is -2.19. The summed E-state index contributed by atoms with van der Waals surface area (Å²) in [5.74, 6) is -3.43. The summed E-state index contributed by atoms with van der Waals surface area (Å²) in [5, 5.41) is 9.74. The van der Waals surface area contributed by atoms with Crippen LogP contribution in [0.15, 0.2) is 146 Å². The Balaban J connectivity index is 0.000000655. The molecule has 0 unspecified atom stereocenters. The van der Waals surface area contributed by atoms with Gasteiger partial charge in [-0.05, 0) is 239 Å². The molecule has 8 N–H and O–H groups in total. The van der Waals surface area contributed by atoms with Gasteiger partial charge < -0.3 is 32.4 Å². The molecule has 0 heterocycles. The van der Waals surface area contributed by atoms with Gasteiger partial charge in [-0.25, -0.2) is 8.78 Å². The van der Waals surface area contributed by atoms with E-state index in [1.54, 1.807) is 52.0 Å². The predicted octanol–water partition coefficient (Wildman–Crippen LogP) is 25.8. The first-order valence-corrected chi connectivity index (χ1v) is 35.8. The van der Waals surface area contributed by atoms with E-state index in [9.17, 15) is 93.8 Å². The monoisotopic (exact) mass is 1660 g/mol. The van der Waals surface area contributed by atoms with Crippen molar-refractivity contribution in [1.82, 2.24) is 0 Å². The second kappa shape index (κ2) is 44.7. The first-order chi connectivity index (χ1) is 51.9. The van der Waals surface area contributed by atoms with E-state index in [4.69, 9.17) is 51.4 Å². The molecule has 0 aromatic heterocycles. The third-order valence-electron chi connectivity index (χ3n) is 15.8. The van der Waals surface area contributed by atoms with Crippen LogP contribution in [-0.2, 0) is 18.5 Å². The molecule has 0 aliphatic rings. The number of benzene rings is 8. The molecular formula is C84H94Cl2F17N5O6. The molecule has 0 saturated heterocycles. The second-order valence-electron chi connectivity index (χ2n) is 28.3. The Morgan fingerprint density at radius 3 is 0.895 bits per heavy atom. The summed E-state index contributed by atoms with van der Waals surface area (Å²) in [6.07, 6.45) is -24.0. The van der Waals surface area contributed by atoms with Gasteiger partial charge in [0.15, 0.2) is 0 Å². The van der Waals surface area contributed by atoms with Crippen molar-refractivity contribution in [3.8, 4) is 17.6 Å². The van der Waals surface area contributed by atoms with Gasteiger partial charge in [0.2, 0.25) is 23.6 Å². The highest BCUT2D eigenvalue weighted by Crippen LogP contribution is 2.39. The standard InChI is InChI=1S/C11H10F6O2.C11H10F6.C11H12F3NO.C11H15NO.C11H13N.C10H12ClNO.C10H12FNO.C9H10ClF/c1-6(2)7-3-8(18-10(12,13)14)5-9(4-7)19-11(15,16)17;1-6(2)7-3-8(10(12,13)14)5-9(4-7)11(15,16)17;1-6(2)7-3-8(10(15)16)5-9(4-7)11(12,13)14;1-7(2)9-4-8(3)5-10(6-9)11(12)13;1-8(2)11-5-9(3)4-10(6-11)7-12;2*1-6(2)7-3-8(10(12)13)5-9(11)4-7;1-6(2)7-3-8(10)5-9(11)4-7/h3-6H,1-2H3;3-6H,1-2H3;3-6H,1-2H3,(H2,15,16);4-7H,1-3H3,(H2,12,13);4-6,8H,1-3H3;2*3-6H,1-2H3,(H2,12,13);3-6H,1-2H3. The molecule has 0 bridgehead atoms. The van der Waals surface area contributed by atoms with E-state index >= 15 is 0 Å². The van der Waals surface area contributed by atoms with Crippen LogP contribution in [0, 0.1) is 36.8 Å². The summed E-state index contributed by atoms with van der Waals surface area (Å²) in [7, 11) is 0. The highest BCUT2D eigenvalue weighted by Gasteiger charge is 2.38. The summed E-state index contributed by atoms with van der Waals surface area (Å²) in [4.78, 5) is 43.5. The zero-order valence-corrected chi connectivity index (χ0v) is 67.4. The maximum atomic E-state index is 12.9. The smallest absolute Gasteiger partial charge is 0.406 e. The van der Waals surface area contributed by atoms with Crippen molar-refractivity contribution in [2.75, 3.05) is 0 Å². The minimum atomic E-state index is -4.98. The molecule has 8 rings (SSSR count). The van der Waals surface area contributed by atoms with Crippen LogP contribution in [0.2, 0.25) is 10.0 Å². The van der Waals surface area contributed by atoms with Crippen molar-refractivity contribution in [3.63, 3.8) is 0 Å². The fraction of sp³-hybridized carbons (Fsp3) is 0.369. The van der Waals surface area contributed by atoms with Gasteiger partial charge in [-0.15, -0.1) is 26.3 Å². The number of hydrogen-bond donors (Lipinski definition) is 4. The number of nitriles is 1. The summed E-state index contributed by atoms with van der Waals surface area (Å²) < 4.78 is 217. The van der Waals surface area contributed by atoms with Crippen LogP contribution in [0.25, 0.3) is 0 Å². The van der Waals surface area contributed by atoms with E-state index in [0.717, 1.165) is 81.4 Å². The van der Waals surface area contributed by atoms with Crippen LogP contribution in [0.3, 0.4) is 0 Å². The van der Waals surface area contributed by atoms with Crippen LogP contribution >= 0.6 is 23.2 Å². The number of ether oxygens (including phenoxy) is 2. The fourth-order valence-electron chi connectivity index (χ4n) is 9.50. The number of nitrogens with two attached hydrogens (primary N) is 4. The molecule has 114 heavy (non-hydrogen) atoms. The minimum Gasteiger partial charge on any atom is -0.406 e. The first kappa shape index (κ1) is 102. The number of aryl methyl sites for hydroxylation is 2. The van der Waals surface area contributed by atoms with E-state index in [0.29, 0.717) is 56.5 Å². The molecule has 0 spiro atoms. The largest absolute Gasteiger partial charge is 0.573 e. The molecule has 11 nitrogen and oxygen atoms in total. The topological polar surface area (TPSA) is 215 Å². The number of nitrogens with zero attached hydrogens (tertiary/aromatic N) is 1. The molecule has 0 saturated carbocycles. The van der Waals surface area contributed by atoms with E-state index in [1.807, 2.05) is 85.7 Å². The van der Waals surface area contributed by atoms with Gasteiger partial charge in [-0.3, -0.25) is 19.2 Å². The molecule has 624 valence electrons. The summed E-state index contributed by atoms with van der Waals surface area (Å²) in [6.45, 7) is 34.2. The number of primary amides is 4. The molecule has 8 aromatic rings. The Morgan fingerprint density at radius 1 is 0.316 bits per heavy atom. The highest BCUT2D eigenvalue weighted by atomic mass is 35.5. The zero-order valence-electron chi connectivity index (χ0n) is 65.9. The molecule has 4 amide bonds. The Hall–Kier alpha value is -9.88. The SMILES string of the molecule is CC(C)c1cc(C(F)(F)F)cc(C(F)(F)F)c1.CC(C)c1cc(C(N)=O)cc(C(F)(F)F)c1.CC(C)c1cc(Cl)cc(C(N)=O)c1.CC(C)c1cc(F)cc(C(N)=O)c1.CC(C)c1cc(F)cc(Cl)c1.CC(C)c1cc(OC(F)(F)F)cc(OC(F)(F)F)c1.Cc1cc(C#N)cc(C(C)C)c1.Cc1cc(C(N)=O)cc(C(C)C)c1. The van der Waals surface area contributed by atoms with Gasteiger partial charge in [-0.1, -0.05) is 152 Å². The van der Waals surface area contributed by atoms with Gasteiger partial charge in [0.05, 0.1) is 28.3 Å². The first-order valence-electron chi connectivity index (χ1n) is 35.0. The van der Waals surface area contributed by atoms with Crippen molar-refractivity contribution in [3.05, 3.63) is 267 Å². The van der Waals surface area contributed by atoms with Gasteiger partial charge in [0.25, 0.3) is 0 Å². The molecule has 30 heteroatoms. The van der Waals surface area contributed by atoms with Crippen LogP contribution in [0.5, 0.6) is 11.5 Å². The maximum Gasteiger partial charge on any atom is 0.573 e. The number of halogens is 19. The Morgan fingerprint density at radius 2 is 0.570 bits per heavy atom. The number of carbonyl (C=O) groups excluding carboxylic acids is 4. The van der Waals surface area contributed by atoms with Gasteiger partial charge in [-0.2, -0.15) is 44.8 Å².